The maximum absolute atomic E-state index is 13.0. The number of carbonyl (C=O) groups excluding carboxylic acids is 1. The van der Waals surface area contributed by atoms with Crippen molar-refractivity contribution in [2.24, 2.45) is 0 Å². The van der Waals surface area contributed by atoms with Crippen LogP contribution in [-0.2, 0) is 14.8 Å². The Hall–Kier alpha value is -1.67. The van der Waals surface area contributed by atoms with Gasteiger partial charge >= 0.3 is 0 Å². The average Bonchev–Trinajstić information content (AvgIpc) is 2.54. The van der Waals surface area contributed by atoms with Crippen LogP contribution in [0.5, 0.6) is 0 Å². The molecule has 1 heterocycles. The summed E-state index contributed by atoms with van der Waals surface area (Å²) in [4.78, 5) is 14.3. The van der Waals surface area contributed by atoms with E-state index in [1.807, 2.05) is 0 Å². The summed E-state index contributed by atoms with van der Waals surface area (Å²) in [6.07, 6.45) is 3.65. The lowest BCUT2D eigenvalue weighted by molar-refractivity contribution is -0.122. The summed E-state index contributed by atoms with van der Waals surface area (Å²) in [7, 11) is -1.43. The fourth-order valence-corrected chi connectivity index (χ4v) is 3.90. The number of benzene rings is 1. The fraction of sp³-hybridized carbons (Fsp3) is 0.588. The van der Waals surface area contributed by atoms with Gasteiger partial charge in [-0.25, -0.2) is 12.8 Å². The van der Waals surface area contributed by atoms with E-state index in [0.29, 0.717) is 12.1 Å². The minimum Gasteiger partial charge on any atom is -0.353 e. The Morgan fingerprint density at radius 3 is 2.44 bits per heavy atom. The third kappa shape index (κ3) is 6.28. The normalized spacial score (nSPS) is 16.6. The Morgan fingerprint density at radius 1 is 1.28 bits per heavy atom. The molecule has 0 radical (unpaired) electrons. The number of likely N-dealkylation sites (tertiary alicyclic amines) is 1. The van der Waals surface area contributed by atoms with Crippen molar-refractivity contribution in [1.29, 1.82) is 0 Å². The van der Waals surface area contributed by atoms with Gasteiger partial charge in [-0.15, -0.1) is 0 Å². The summed E-state index contributed by atoms with van der Waals surface area (Å²) in [5.74, 6) is -0.475. The summed E-state index contributed by atoms with van der Waals surface area (Å²) in [5, 5.41) is 3.02. The van der Waals surface area contributed by atoms with E-state index in [1.165, 1.54) is 28.6 Å². The first-order valence-corrected chi connectivity index (χ1v) is 10.3. The predicted molar refractivity (Wildman–Crippen MR) is 96.5 cm³/mol. The van der Waals surface area contributed by atoms with Crippen LogP contribution >= 0.6 is 0 Å². The molecule has 0 aromatic heterocycles. The van der Waals surface area contributed by atoms with E-state index in [9.17, 15) is 17.6 Å². The quantitative estimate of drug-likeness (QED) is 0.790. The summed E-state index contributed by atoms with van der Waals surface area (Å²) >= 11 is 0. The molecule has 1 aliphatic heterocycles. The van der Waals surface area contributed by atoms with Crippen LogP contribution in [0.3, 0.4) is 0 Å². The SMILES string of the molecule is CN1CCC(NC(=O)CCCN(c2ccc(F)cc2)S(C)(=O)=O)CC1. The van der Waals surface area contributed by atoms with E-state index in [-0.39, 0.29) is 24.9 Å². The van der Waals surface area contributed by atoms with Crippen molar-refractivity contribution in [3.8, 4) is 0 Å². The number of nitrogens with one attached hydrogen (secondary N) is 1. The van der Waals surface area contributed by atoms with Crippen molar-refractivity contribution in [1.82, 2.24) is 10.2 Å². The first-order valence-electron chi connectivity index (χ1n) is 8.47. The first-order chi connectivity index (χ1) is 11.8. The molecular formula is C17H26FN3O3S. The third-order valence-electron chi connectivity index (χ3n) is 4.36. The molecule has 2 rings (SSSR count). The Labute approximate surface area is 149 Å². The van der Waals surface area contributed by atoms with Crippen LogP contribution in [0.25, 0.3) is 0 Å². The van der Waals surface area contributed by atoms with Crippen LogP contribution in [0.15, 0.2) is 24.3 Å². The molecule has 0 bridgehead atoms. The second kappa shape index (κ2) is 8.62. The number of rotatable bonds is 7. The zero-order valence-corrected chi connectivity index (χ0v) is 15.6. The second-order valence-electron chi connectivity index (χ2n) is 6.56. The molecule has 6 nitrogen and oxygen atoms in total. The maximum Gasteiger partial charge on any atom is 0.232 e. The van der Waals surface area contributed by atoms with Crippen LogP contribution < -0.4 is 9.62 Å². The Balaban J connectivity index is 1.84. The van der Waals surface area contributed by atoms with Gasteiger partial charge in [-0.2, -0.15) is 0 Å². The summed E-state index contributed by atoms with van der Waals surface area (Å²) < 4.78 is 38.2. The third-order valence-corrected chi connectivity index (χ3v) is 5.56. The molecule has 8 heteroatoms. The van der Waals surface area contributed by atoms with Gasteiger partial charge in [-0.3, -0.25) is 9.10 Å². The fourth-order valence-electron chi connectivity index (χ4n) is 2.93. The van der Waals surface area contributed by atoms with Gasteiger partial charge in [-0.05, 0) is 63.7 Å². The van der Waals surface area contributed by atoms with Gasteiger partial charge in [0.15, 0.2) is 0 Å². The smallest absolute Gasteiger partial charge is 0.232 e. The highest BCUT2D eigenvalue weighted by atomic mass is 32.2. The summed E-state index contributed by atoms with van der Waals surface area (Å²) in [5.41, 5.74) is 0.402. The molecule has 1 aromatic carbocycles. The van der Waals surface area contributed by atoms with Crippen molar-refractivity contribution in [2.75, 3.05) is 37.2 Å². The van der Waals surface area contributed by atoms with Crippen molar-refractivity contribution in [3.63, 3.8) is 0 Å². The Bertz CT molecular complexity index is 671. The molecule has 140 valence electrons. The minimum atomic E-state index is -3.49. The zero-order valence-electron chi connectivity index (χ0n) is 14.7. The molecule has 1 aromatic rings. The van der Waals surface area contributed by atoms with Gasteiger partial charge in [-0.1, -0.05) is 0 Å². The molecule has 0 aliphatic carbocycles. The molecule has 1 aliphatic rings. The molecule has 1 fully saturated rings. The number of sulfonamides is 1. The van der Waals surface area contributed by atoms with Crippen LogP contribution in [0.2, 0.25) is 0 Å². The standard InChI is InChI=1S/C17H26FN3O3S/c1-20-12-9-15(10-13-20)19-17(22)4-3-11-21(25(2,23)24)16-7-5-14(18)6-8-16/h5-8,15H,3-4,9-13H2,1-2H3,(H,19,22). The highest BCUT2D eigenvalue weighted by molar-refractivity contribution is 7.92. The van der Waals surface area contributed by atoms with Gasteiger partial charge < -0.3 is 10.2 Å². The number of carbonyl (C=O) groups is 1. The topological polar surface area (TPSA) is 69.7 Å². The Kier molecular flexibility index (Phi) is 6.78. The van der Waals surface area contributed by atoms with Crippen LogP contribution in [-0.4, -0.2) is 58.2 Å². The molecular weight excluding hydrogens is 345 g/mol. The number of hydrogen-bond donors (Lipinski definition) is 1. The van der Waals surface area contributed by atoms with E-state index < -0.39 is 15.8 Å². The van der Waals surface area contributed by atoms with Gasteiger partial charge in [0.05, 0.1) is 11.9 Å². The highest BCUT2D eigenvalue weighted by Crippen LogP contribution is 2.18. The number of anilines is 1. The molecule has 0 saturated carbocycles. The van der Waals surface area contributed by atoms with E-state index >= 15 is 0 Å². The van der Waals surface area contributed by atoms with Crippen molar-refractivity contribution in [3.05, 3.63) is 30.1 Å². The number of hydrogen-bond acceptors (Lipinski definition) is 4. The van der Waals surface area contributed by atoms with Gasteiger partial charge in [0.25, 0.3) is 0 Å². The summed E-state index contributed by atoms with van der Waals surface area (Å²) in [6.45, 7) is 2.13. The molecule has 0 atom stereocenters. The number of halogens is 1. The molecule has 1 saturated heterocycles. The minimum absolute atomic E-state index is 0.0536. The van der Waals surface area contributed by atoms with Crippen LogP contribution in [0, 0.1) is 5.82 Å². The van der Waals surface area contributed by atoms with Gasteiger partial charge in [0, 0.05) is 19.0 Å². The lowest BCUT2D eigenvalue weighted by Gasteiger charge is -2.29. The number of amides is 1. The monoisotopic (exact) mass is 371 g/mol. The largest absolute Gasteiger partial charge is 0.353 e. The molecule has 1 amide bonds. The second-order valence-corrected chi connectivity index (χ2v) is 8.47. The predicted octanol–water partition coefficient (Wildman–Crippen LogP) is 1.58. The van der Waals surface area contributed by atoms with Gasteiger partial charge in [0.2, 0.25) is 15.9 Å². The van der Waals surface area contributed by atoms with Crippen molar-refractivity contribution in [2.45, 2.75) is 31.7 Å². The van der Waals surface area contributed by atoms with E-state index in [0.717, 1.165) is 32.2 Å². The Morgan fingerprint density at radius 2 is 1.88 bits per heavy atom. The van der Waals surface area contributed by atoms with Crippen molar-refractivity contribution >= 4 is 21.6 Å². The van der Waals surface area contributed by atoms with Crippen molar-refractivity contribution < 1.29 is 17.6 Å². The van der Waals surface area contributed by atoms with E-state index in [4.69, 9.17) is 0 Å². The molecule has 25 heavy (non-hydrogen) atoms. The van der Waals surface area contributed by atoms with E-state index in [2.05, 4.69) is 17.3 Å². The van der Waals surface area contributed by atoms with Crippen LogP contribution in [0.1, 0.15) is 25.7 Å². The molecule has 0 unspecified atom stereocenters. The maximum atomic E-state index is 13.0. The number of nitrogens with zero attached hydrogens (tertiary/aromatic N) is 2. The zero-order chi connectivity index (χ0) is 18.4. The lowest BCUT2D eigenvalue weighted by Crippen LogP contribution is -2.43. The average molecular weight is 371 g/mol. The van der Waals surface area contributed by atoms with E-state index in [1.54, 1.807) is 0 Å². The highest BCUT2D eigenvalue weighted by Gasteiger charge is 2.20. The van der Waals surface area contributed by atoms with Gasteiger partial charge in [0.1, 0.15) is 5.82 Å². The molecule has 0 spiro atoms. The lowest BCUT2D eigenvalue weighted by atomic mass is 10.1. The number of piperidine rings is 1. The molecule has 1 N–H and O–H groups in total. The first kappa shape index (κ1) is 19.7. The van der Waals surface area contributed by atoms with Crippen LogP contribution in [0.4, 0.5) is 10.1 Å². The summed E-state index contributed by atoms with van der Waals surface area (Å²) in [6, 6.07) is 5.50.